The average Bonchev–Trinajstić information content (AvgIpc) is 2.74. The van der Waals surface area contributed by atoms with Gasteiger partial charge in [-0.3, -0.25) is 10.1 Å². The van der Waals surface area contributed by atoms with Crippen LogP contribution in [-0.4, -0.2) is 41.5 Å². The van der Waals surface area contributed by atoms with Crippen LogP contribution in [0.1, 0.15) is 43.4 Å². The lowest BCUT2D eigenvalue weighted by Gasteiger charge is -2.31. The van der Waals surface area contributed by atoms with E-state index in [0.29, 0.717) is 12.4 Å². The summed E-state index contributed by atoms with van der Waals surface area (Å²) in [7, 11) is 0. The fourth-order valence-electron chi connectivity index (χ4n) is 3.73. The number of fused-ring (bicyclic) bond motifs is 1. The molecule has 3 heterocycles. The van der Waals surface area contributed by atoms with Crippen molar-refractivity contribution in [2.75, 3.05) is 25.0 Å². The summed E-state index contributed by atoms with van der Waals surface area (Å²) in [5.41, 5.74) is 7.20. The number of rotatable bonds is 2. The third-order valence-corrected chi connectivity index (χ3v) is 5.49. The van der Waals surface area contributed by atoms with Crippen molar-refractivity contribution >= 4 is 29.4 Å². The maximum absolute atomic E-state index is 11.4. The van der Waals surface area contributed by atoms with Crippen LogP contribution in [0.4, 0.5) is 10.6 Å². The van der Waals surface area contributed by atoms with E-state index in [1.807, 2.05) is 29.2 Å². The molecule has 2 aromatic rings. The highest BCUT2D eigenvalue weighted by molar-refractivity contribution is 6.32. The maximum Gasteiger partial charge on any atom is 0.317 e. The molecule has 1 fully saturated rings. The van der Waals surface area contributed by atoms with Crippen LogP contribution >= 0.6 is 11.6 Å². The van der Waals surface area contributed by atoms with Crippen LogP contribution in [-0.2, 0) is 11.2 Å². The Morgan fingerprint density at radius 3 is 2.77 bits per heavy atom. The predicted octanol–water partition coefficient (Wildman–Crippen LogP) is 3.96. The number of piperidine rings is 1. The Labute approximate surface area is 181 Å². The maximum atomic E-state index is 11.4. The lowest BCUT2D eigenvalue weighted by molar-refractivity contribution is -0.130. The lowest BCUT2D eigenvalue weighted by atomic mass is 9.94. The molecule has 1 aromatic heterocycles. The van der Waals surface area contributed by atoms with Crippen LogP contribution in [0, 0.1) is 0 Å². The number of nitrogens with one attached hydrogen (secondary N) is 1. The van der Waals surface area contributed by atoms with E-state index in [2.05, 4.69) is 16.4 Å². The molecule has 0 bridgehead atoms. The molecule has 0 aliphatic carbocycles. The Bertz CT molecular complexity index is 906. The van der Waals surface area contributed by atoms with Crippen molar-refractivity contribution in [1.82, 2.24) is 9.88 Å². The van der Waals surface area contributed by atoms with Crippen LogP contribution < -0.4 is 15.8 Å². The smallest absolute Gasteiger partial charge is 0.317 e. The minimum atomic E-state index is -0.626. The number of benzene rings is 1. The number of primary amides is 1. The van der Waals surface area contributed by atoms with Crippen molar-refractivity contribution in [1.29, 1.82) is 0 Å². The molecule has 1 aromatic carbocycles. The molecule has 0 spiro atoms. The van der Waals surface area contributed by atoms with Gasteiger partial charge in [0.25, 0.3) is 0 Å². The minimum Gasteiger partial charge on any atom is -0.492 e. The lowest BCUT2D eigenvalue weighted by Crippen LogP contribution is -2.37. The highest BCUT2D eigenvalue weighted by atomic mass is 35.5. The topological polar surface area (TPSA) is 97.6 Å². The Morgan fingerprint density at radius 1 is 1.23 bits per heavy atom. The first-order valence-corrected chi connectivity index (χ1v) is 10.5. The molecule has 3 N–H and O–H groups in total. The van der Waals surface area contributed by atoms with Gasteiger partial charge in [0.05, 0.1) is 11.6 Å². The predicted molar refractivity (Wildman–Crippen MR) is 117 cm³/mol. The highest BCUT2D eigenvalue weighted by Gasteiger charge is 2.23. The third kappa shape index (κ3) is 5.86. The first-order chi connectivity index (χ1) is 14.4. The SMILES string of the molecule is CC(=O)N1CCCC(c2cccc(NC(N)=O)n2)C1.Clc1cccc2c1OCCC2. The van der Waals surface area contributed by atoms with Gasteiger partial charge in [0.2, 0.25) is 5.91 Å². The van der Waals surface area contributed by atoms with Crippen LogP contribution in [0.25, 0.3) is 0 Å². The molecule has 2 aliphatic rings. The van der Waals surface area contributed by atoms with Crippen molar-refractivity contribution in [3.8, 4) is 5.75 Å². The largest absolute Gasteiger partial charge is 0.492 e. The Balaban J connectivity index is 0.000000196. The fourth-order valence-corrected chi connectivity index (χ4v) is 3.98. The Hall–Kier alpha value is -2.80. The van der Waals surface area contributed by atoms with Crippen molar-refractivity contribution in [3.63, 3.8) is 0 Å². The van der Waals surface area contributed by atoms with Crippen molar-refractivity contribution in [3.05, 3.63) is 52.7 Å². The Morgan fingerprint density at radius 2 is 2.03 bits per heavy atom. The number of ether oxygens (including phenoxy) is 1. The second kappa shape index (κ2) is 10.3. The van der Waals surface area contributed by atoms with Gasteiger partial charge in [-0.05, 0) is 49.4 Å². The van der Waals surface area contributed by atoms with E-state index in [9.17, 15) is 9.59 Å². The summed E-state index contributed by atoms with van der Waals surface area (Å²) in [6, 6.07) is 10.7. The van der Waals surface area contributed by atoms with Gasteiger partial charge in [0.1, 0.15) is 11.6 Å². The van der Waals surface area contributed by atoms with Gasteiger partial charge in [-0.1, -0.05) is 29.8 Å². The molecule has 1 atom stereocenters. The molecule has 160 valence electrons. The molecule has 3 amide bonds. The summed E-state index contributed by atoms with van der Waals surface area (Å²) in [6.07, 6.45) is 4.17. The molecular formula is C22H27ClN4O3. The van der Waals surface area contributed by atoms with Gasteiger partial charge in [0, 0.05) is 31.6 Å². The molecule has 8 heteroatoms. The number of amides is 3. The molecule has 0 radical (unpaired) electrons. The fraction of sp³-hybridized carbons (Fsp3) is 0.409. The van der Waals surface area contributed by atoms with E-state index in [1.165, 1.54) is 5.56 Å². The summed E-state index contributed by atoms with van der Waals surface area (Å²) in [5.74, 6) is 1.65. The van der Waals surface area contributed by atoms with Gasteiger partial charge >= 0.3 is 6.03 Å². The number of para-hydroxylation sites is 1. The summed E-state index contributed by atoms with van der Waals surface area (Å²) in [5, 5.41) is 3.20. The van der Waals surface area contributed by atoms with E-state index >= 15 is 0 Å². The molecule has 4 rings (SSSR count). The summed E-state index contributed by atoms with van der Waals surface area (Å²) in [6.45, 7) is 3.88. The number of aromatic nitrogens is 1. The van der Waals surface area contributed by atoms with Gasteiger partial charge in [0.15, 0.2) is 0 Å². The second-order valence-corrected chi connectivity index (χ2v) is 7.83. The zero-order valence-corrected chi connectivity index (χ0v) is 17.8. The van der Waals surface area contributed by atoms with Crippen molar-refractivity contribution < 1.29 is 14.3 Å². The number of halogens is 1. The van der Waals surface area contributed by atoms with Crippen molar-refractivity contribution in [2.45, 2.75) is 38.5 Å². The standard InChI is InChI=1S/C13H18N4O2.C9H9ClO/c1-9(18)17-7-3-4-10(8-17)11-5-2-6-12(15-11)16-13(14)19;10-8-5-1-3-7-4-2-6-11-9(7)8/h2,5-6,10H,3-4,7-8H2,1H3,(H3,14,15,16,19);1,3,5H,2,4,6H2. The second-order valence-electron chi connectivity index (χ2n) is 7.42. The van der Waals surface area contributed by atoms with Crippen LogP contribution in [0.3, 0.4) is 0 Å². The Kier molecular flexibility index (Phi) is 7.52. The zero-order chi connectivity index (χ0) is 21.5. The van der Waals surface area contributed by atoms with Crippen LogP contribution in [0.5, 0.6) is 5.75 Å². The van der Waals surface area contributed by atoms with E-state index in [-0.39, 0.29) is 11.8 Å². The number of hydrogen-bond donors (Lipinski definition) is 2. The number of likely N-dealkylation sites (tertiary alicyclic amines) is 1. The number of aryl methyl sites for hydroxylation is 1. The molecular weight excluding hydrogens is 404 g/mol. The van der Waals surface area contributed by atoms with Gasteiger partial charge in [-0.2, -0.15) is 0 Å². The summed E-state index contributed by atoms with van der Waals surface area (Å²) in [4.78, 5) is 28.5. The van der Waals surface area contributed by atoms with E-state index < -0.39 is 6.03 Å². The molecule has 7 nitrogen and oxygen atoms in total. The molecule has 30 heavy (non-hydrogen) atoms. The average molecular weight is 431 g/mol. The first kappa shape index (κ1) is 21.9. The number of hydrogen-bond acceptors (Lipinski definition) is 4. The number of carbonyl (C=O) groups excluding carboxylic acids is 2. The van der Waals surface area contributed by atoms with E-state index in [1.54, 1.807) is 13.0 Å². The van der Waals surface area contributed by atoms with Crippen LogP contribution in [0.15, 0.2) is 36.4 Å². The van der Waals surface area contributed by atoms with Crippen molar-refractivity contribution in [2.24, 2.45) is 5.73 Å². The zero-order valence-electron chi connectivity index (χ0n) is 17.1. The number of pyridine rings is 1. The van der Waals surface area contributed by atoms with Gasteiger partial charge in [-0.15, -0.1) is 0 Å². The number of carbonyl (C=O) groups is 2. The number of nitrogens with two attached hydrogens (primary N) is 1. The molecule has 1 unspecified atom stereocenters. The summed E-state index contributed by atoms with van der Waals surface area (Å²) < 4.78 is 5.42. The normalized spacial score (nSPS) is 17.7. The minimum absolute atomic E-state index is 0.0936. The third-order valence-electron chi connectivity index (χ3n) is 5.19. The molecule has 1 saturated heterocycles. The number of anilines is 1. The first-order valence-electron chi connectivity index (χ1n) is 10.1. The van der Waals surface area contributed by atoms with Crippen LogP contribution in [0.2, 0.25) is 5.02 Å². The molecule has 0 saturated carbocycles. The van der Waals surface area contributed by atoms with E-state index in [4.69, 9.17) is 22.1 Å². The quantitative estimate of drug-likeness (QED) is 0.753. The van der Waals surface area contributed by atoms with Gasteiger partial charge in [-0.25, -0.2) is 9.78 Å². The number of urea groups is 1. The van der Waals surface area contributed by atoms with Gasteiger partial charge < -0.3 is 15.4 Å². The molecule has 2 aliphatic heterocycles. The summed E-state index contributed by atoms with van der Waals surface area (Å²) >= 11 is 5.92. The highest BCUT2D eigenvalue weighted by Crippen LogP contribution is 2.32. The number of nitrogens with zero attached hydrogens (tertiary/aromatic N) is 2. The van der Waals surface area contributed by atoms with E-state index in [0.717, 1.165) is 55.3 Å². The monoisotopic (exact) mass is 430 g/mol.